The van der Waals surface area contributed by atoms with Crippen LogP contribution in [0.3, 0.4) is 0 Å². The van der Waals surface area contributed by atoms with Gasteiger partial charge in [0.25, 0.3) is 0 Å². The van der Waals surface area contributed by atoms with Gasteiger partial charge in [-0.05, 0) is 11.6 Å². The Morgan fingerprint density at radius 2 is 2.11 bits per heavy atom. The van der Waals surface area contributed by atoms with Gasteiger partial charge in [-0.2, -0.15) is 15.0 Å². The molecule has 0 aliphatic rings. The van der Waals surface area contributed by atoms with Crippen molar-refractivity contribution in [3.63, 3.8) is 0 Å². The van der Waals surface area contributed by atoms with E-state index < -0.39 is 0 Å². The molecule has 0 spiro atoms. The first-order valence-electron chi connectivity index (χ1n) is 5.85. The zero-order valence-electron chi connectivity index (χ0n) is 11.0. The molecule has 0 aliphatic heterocycles. The van der Waals surface area contributed by atoms with Crippen LogP contribution in [0.15, 0.2) is 10.6 Å². The predicted octanol–water partition coefficient (Wildman–Crippen LogP) is 1.75. The van der Waals surface area contributed by atoms with Crippen molar-refractivity contribution >= 4 is 23.5 Å². The molecule has 0 atom stereocenters. The zero-order chi connectivity index (χ0) is 13.8. The van der Waals surface area contributed by atoms with Crippen molar-refractivity contribution in [2.24, 2.45) is 0 Å². The Hall–Kier alpha value is -1.89. The summed E-state index contributed by atoms with van der Waals surface area (Å²) >= 11 is 5.83. The van der Waals surface area contributed by atoms with Crippen LogP contribution in [0.25, 0.3) is 0 Å². The third-order valence-corrected chi connectivity index (χ3v) is 2.51. The quantitative estimate of drug-likeness (QED) is 0.895. The van der Waals surface area contributed by atoms with Crippen LogP contribution in [0.5, 0.6) is 0 Å². The van der Waals surface area contributed by atoms with Gasteiger partial charge in [-0.25, -0.2) is 4.98 Å². The Morgan fingerprint density at radius 1 is 1.32 bits per heavy atom. The van der Waals surface area contributed by atoms with Crippen molar-refractivity contribution in [2.45, 2.75) is 19.9 Å². The lowest BCUT2D eigenvalue weighted by atomic mass is 10.4. The van der Waals surface area contributed by atoms with Crippen molar-refractivity contribution in [1.29, 1.82) is 0 Å². The van der Waals surface area contributed by atoms with Crippen LogP contribution in [-0.2, 0) is 13.0 Å². The van der Waals surface area contributed by atoms with Crippen LogP contribution in [0, 0.1) is 0 Å². The molecule has 0 aliphatic carbocycles. The molecular weight excluding hydrogens is 268 g/mol. The maximum atomic E-state index is 5.83. The lowest BCUT2D eigenvalue weighted by Gasteiger charge is -2.11. The van der Waals surface area contributed by atoms with Crippen LogP contribution < -0.4 is 10.2 Å². The monoisotopic (exact) mass is 282 g/mol. The summed E-state index contributed by atoms with van der Waals surface area (Å²) < 4.78 is 5.47. The molecule has 0 radical (unpaired) electrons. The summed E-state index contributed by atoms with van der Waals surface area (Å²) in [6.07, 6.45) is 2.53. The van der Waals surface area contributed by atoms with Crippen LogP contribution in [0.1, 0.15) is 18.6 Å². The van der Waals surface area contributed by atoms with Crippen molar-refractivity contribution < 1.29 is 4.42 Å². The van der Waals surface area contributed by atoms with E-state index >= 15 is 0 Å². The molecule has 0 amide bonds. The van der Waals surface area contributed by atoms with Crippen LogP contribution in [0.2, 0.25) is 5.28 Å². The molecule has 0 saturated heterocycles. The van der Waals surface area contributed by atoms with E-state index in [0.29, 0.717) is 24.3 Å². The molecule has 7 nitrogen and oxygen atoms in total. The molecule has 19 heavy (non-hydrogen) atoms. The highest BCUT2D eigenvalue weighted by Crippen LogP contribution is 2.12. The van der Waals surface area contributed by atoms with E-state index in [-0.39, 0.29) is 5.28 Å². The number of hydrogen-bond acceptors (Lipinski definition) is 7. The third-order valence-electron chi connectivity index (χ3n) is 2.34. The van der Waals surface area contributed by atoms with Gasteiger partial charge in [-0.3, -0.25) is 0 Å². The summed E-state index contributed by atoms with van der Waals surface area (Å²) in [5.74, 6) is 2.31. The summed E-state index contributed by atoms with van der Waals surface area (Å²) in [5.41, 5.74) is 0. The van der Waals surface area contributed by atoms with Gasteiger partial charge in [0.2, 0.25) is 23.1 Å². The van der Waals surface area contributed by atoms with Crippen LogP contribution >= 0.6 is 11.6 Å². The third kappa shape index (κ3) is 3.54. The van der Waals surface area contributed by atoms with E-state index in [0.717, 1.165) is 12.2 Å². The second-order valence-corrected chi connectivity index (χ2v) is 4.39. The maximum absolute atomic E-state index is 5.83. The molecule has 2 aromatic heterocycles. The van der Waals surface area contributed by atoms with Gasteiger partial charge in [-0.15, -0.1) is 0 Å². The van der Waals surface area contributed by atoms with Gasteiger partial charge >= 0.3 is 0 Å². The number of nitrogens with zero attached hydrogens (tertiary/aromatic N) is 5. The maximum Gasteiger partial charge on any atom is 0.230 e. The number of nitrogens with one attached hydrogen (secondary N) is 1. The van der Waals surface area contributed by atoms with Gasteiger partial charge < -0.3 is 14.6 Å². The highest BCUT2D eigenvalue weighted by molar-refractivity contribution is 6.28. The van der Waals surface area contributed by atoms with Gasteiger partial charge in [0.05, 0.1) is 12.7 Å². The average Bonchev–Trinajstić information content (AvgIpc) is 2.83. The Labute approximate surface area is 116 Å². The SMILES string of the molecule is CCc1cnc(CNc2nc(Cl)nc(N(C)C)n2)o1. The number of aromatic nitrogens is 4. The molecule has 0 aromatic carbocycles. The summed E-state index contributed by atoms with van der Waals surface area (Å²) in [6.45, 7) is 2.40. The molecule has 102 valence electrons. The van der Waals surface area contributed by atoms with Crippen LogP contribution in [0.4, 0.5) is 11.9 Å². The van der Waals surface area contributed by atoms with Crippen LogP contribution in [-0.4, -0.2) is 34.0 Å². The molecule has 2 heterocycles. The Morgan fingerprint density at radius 3 is 2.74 bits per heavy atom. The molecule has 0 saturated carbocycles. The summed E-state index contributed by atoms with van der Waals surface area (Å²) in [7, 11) is 3.66. The van der Waals surface area contributed by atoms with E-state index in [4.69, 9.17) is 16.0 Å². The standard InChI is InChI=1S/C11H15ClN6O/c1-4-7-5-13-8(19-7)6-14-10-15-9(12)16-11(17-10)18(2)3/h5H,4,6H2,1-3H3,(H,14,15,16,17). The summed E-state index contributed by atoms with van der Waals surface area (Å²) in [4.78, 5) is 18.1. The number of hydrogen-bond donors (Lipinski definition) is 1. The minimum atomic E-state index is 0.142. The zero-order valence-corrected chi connectivity index (χ0v) is 11.8. The second-order valence-electron chi connectivity index (χ2n) is 4.05. The van der Waals surface area contributed by atoms with Crippen molar-refractivity contribution in [1.82, 2.24) is 19.9 Å². The van der Waals surface area contributed by atoms with Gasteiger partial charge in [-0.1, -0.05) is 6.92 Å². The molecule has 2 aromatic rings. The fourth-order valence-corrected chi connectivity index (χ4v) is 1.52. The Bertz CT molecular complexity index is 556. The topological polar surface area (TPSA) is 80.0 Å². The number of anilines is 2. The Balaban J connectivity index is 2.06. The summed E-state index contributed by atoms with van der Waals surface area (Å²) in [6, 6.07) is 0. The molecule has 0 unspecified atom stereocenters. The predicted molar refractivity (Wildman–Crippen MR) is 72.4 cm³/mol. The van der Waals surface area contributed by atoms with E-state index in [1.54, 1.807) is 11.1 Å². The lowest BCUT2D eigenvalue weighted by Crippen LogP contribution is -2.15. The van der Waals surface area contributed by atoms with Crippen molar-refractivity contribution in [3.05, 3.63) is 23.1 Å². The molecule has 0 fully saturated rings. The van der Waals surface area contributed by atoms with E-state index in [1.165, 1.54) is 0 Å². The molecule has 8 heteroatoms. The van der Waals surface area contributed by atoms with Gasteiger partial charge in [0.15, 0.2) is 0 Å². The fraction of sp³-hybridized carbons (Fsp3) is 0.455. The summed E-state index contributed by atoms with van der Waals surface area (Å²) in [5, 5.41) is 3.15. The number of halogens is 1. The lowest BCUT2D eigenvalue weighted by molar-refractivity contribution is 0.465. The molecule has 1 N–H and O–H groups in total. The highest BCUT2D eigenvalue weighted by atomic mass is 35.5. The van der Waals surface area contributed by atoms with Crippen molar-refractivity contribution in [3.8, 4) is 0 Å². The normalized spacial score (nSPS) is 10.5. The first kappa shape index (κ1) is 13.5. The second kappa shape index (κ2) is 5.83. The van der Waals surface area contributed by atoms with Gasteiger partial charge in [0, 0.05) is 20.5 Å². The van der Waals surface area contributed by atoms with Crippen molar-refractivity contribution in [2.75, 3.05) is 24.3 Å². The molecule has 2 rings (SSSR count). The smallest absolute Gasteiger partial charge is 0.230 e. The van der Waals surface area contributed by atoms with E-state index in [9.17, 15) is 0 Å². The largest absolute Gasteiger partial charge is 0.444 e. The molecule has 0 bridgehead atoms. The number of rotatable bonds is 5. The first-order chi connectivity index (χ1) is 9.08. The minimum Gasteiger partial charge on any atom is -0.444 e. The fourth-order valence-electron chi connectivity index (χ4n) is 1.37. The minimum absolute atomic E-state index is 0.142. The Kier molecular flexibility index (Phi) is 4.16. The molecular formula is C11H15ClN6O. The van der Waals surface area contributed by atoms with Gasteiger partial charge in [0.1, 0.15) is 5.76 Å². The number of oxazole rings is 1. The highest BCUT2D eigenvalue weighted by Gasteiger charge is 2.08. The van der Waals surface area contributed by atoms with E-state index in [2.05, 4.69) is 25.3 Å². The first-order valence-corrected chi connectivity index (χ1v) is 6.22. The average molecular weight is 283 g/mol. The number of aryl methyl sites for hydroxylation is 1. The van der Waals surface area contributed by atoms with E-state index in [1.807, 2.05) is 21.0 Å².